The number of amides is 1. The number of nitrogens with zero attached hydrogens (tertiary/aromatic N) is 3. The molecule has 0 radical (unpaired) electrons. The third-order valence-electron chi connectivity index (χ3n) is 3.31. The van der Waals surface area contributed by atoms with Crippen molar-refractivity contribution in [2.24, 2.45) is 0 Å². The number of halogens is 3. The minimum atomic E-state index is -4.65. The Kier molecular flexibility index (Phi) is 5.04. The molecule has 0 saturated heterocycles. The fourth-order valence-electron chi connectivity index (χ4n) is 2.23. The van der Waals surface area contributed by atoms with Crippen LogP contribution in [0.25, 0.3) is 10.9 Å². The topological polar surface area (TPSA) is 94.1 Å². The zero-order chi connectivity index (χ0) is 19.6. The normalized spacial score (nSPS) is 11.4. The molecule has 11 heteroatoms. The number of benzene rings is 1. The molecule has 1 amide bonds. The average Bonchev–Trinajstić information content (AvgIpc) is 3.07. The van der Waals surface area contributed by atoms with Crippen molar-refractivity contribution in [2.75, 3.05) is 11.9 Å². The SMILES string of the molecule is Cc1cc(C(=O)OCC(=O)Nc2nnc(C(F)(F)F)s2)c2ccccc2n1. The third kappa shape index (κ3) is 4.37. The highest BCUT2D eigenvalue weighted by molar-refractivity contribution is 7.15. The van der Waals surface area contributed by atoms with E-state index in [0.717, 1.165) is 0 Å². The number of carbonyl (C=O) groups is 2. The number of hydrogen-bond acceptors (Lipinski definition) is 7. The van der Waals surface area contributed by atoms with Gasteiger partial charge in [0, 0.05) is 11.1 Å². The molecule has 1 N–H and O–H groups in total. The molecule has 0 aliphatic carbocycles. The molecule has 0 aliphatic rings. The van der Waals surface area contributed by atoms with Gasteiger partial charge < -0.3 is 4.74 Å². The molecule has 27 heavy (non-hydrogen) atoms. The molecule has 0 fully saturated rings. The van der Waals surface area contributed by atoms with E-state index in [1.165, 1.54) is 6.07 Å². The summed E-state index contributed by atoms with van der Waals surface area (Å²) in [6, 6.07) is 8.46. The van der Waals surface area contributed by atoms with E-state index in [9.17, 15) is 22.8 Å². The van der Waals surface area contributed by atoms with E-state index < -0.39 is 29.7 Å². The van der Waals surface area contributed by atoms with E-state index in [-0.39, 0.29) is 22.0 Å². The van der Waals surface area contributed by atoms with Gasteiger partial charge in [-0.2, -0.15) is 13.2 Å². The molecule has 0 saturated carbocycles. The number of anilines is 1. The molecule has 7 nitrogen and oxygen atoms in total. The maximum Gasteiger partial charge on any atom is 0.445 e. The van der Waals surface area contributed by atoms with Crippen LogP contribution in [0, 0.1) is 6.92 Å². The molecule has 2 aromatic heterocycles. The maximum atomic E-state index is 12.5. The van der Waals surface area contributed by atoms with Gasteiger partial charge in [0.05, 0.1) is 11.1 Å². The largest absolute Gasteiger partial charge is 0.452 e. The van der Waals surface area contributed by atoms with Gasteiger partial charge in [-0.25, -0.2) is 4.79 Å². The monoisotopic (exact) mass is 396 g/mol. The van der Waals surface area contributed by atoms with E-state index >= 15 is 0 Å². The average molecular weight is 396 g/mol. The summed E-state index contributed by atoms with van der Waals surface area (Å²) in [5.74, 6) is -1.58. The molecule has 2 heterocycles. The van der Waals surface area contributed by atoms with Crippen molar-refractivity contribution in [1.29, 1.82) is 0 Å². The van der Waals surface area contributed by atoms with Crippen LogP contribution in [-0.2, 0) is 15.7 Å². The molecular weight excluding hydrogens is 385 g/mol. The highest BCUT2D eigenvalue weighted by Gasteiger charge is 2.35. The van der Waals surface area contributed by atoms with Crippen molar-refractivity contribution in [1.82, 2.24) is 15.2 Å². The Labute approximate surface area is 154 Å². The standard InChI is InChI=1S/C16H11F3N4O3S/c1-8-6-10(9-4-2-3-5-11(9)20-8)13(25)26-7-12(24)21-15-23-22-14(27-15)16(17,18)19/h2-6H,7H2,1H3,(H,21,23,24). The summed E-state index contributed by atoms with van der Waals surface area (Å²) in [6.45, 7) is 1.03. The minimum Gasteiger partial charge on any atom is -0.452 e. The number of para-hydroxylation sites is 1. The Morgan fingerprint density at radius 3 is 2.67 bits per heavy atom. The van der Waals surface area contributed by atoms with Crippen LogP contribution in [-0.4, -0.2) is 33.7 Å². The fraction of sp³-hybridized carbons (Fsp3) is 0.188. The Hall–Kier alpha value is -3.08. The molecule has 0 bridgehead atoms. The smallest absolute Gasteiger partial charge is 0.445 e. The van der Waals surface area contributed by atoms with Crippen molar-refractivity contribution in [3.8, 4) is 0 Å². The predicted octanol–water partition coefficient (Wildman–Crippen LogP) is 3.21. The van der Waals surface area contributed by atoms with Crippen LogP contribution in [0.2, 0.25) is 0 Å². The van der Waals surface area contributed by atoms with E-state index in [2.05, 4.69) is 20.5 Å². The molecule has 3 aromatic rings. The van der Waals surface area contributed by atoms with E-state index in [1.54, 1.807) is 31.2 Å². The number of aryl methyl sites for hydroxylation is 1. The van der Waals surface area contributed by atoms with Crippen LogP contribution in [0.1, 0.15) is 21.1 Å². The number of pyridine rings is 1. The number of rotatable bonds is 4. The summed E-state index contributed by atoms with van der Waals surface area (Å²) in [5, 5.41) is 7.31. The van der Waals surface area contributed by atoms with E-state index in [0.29, 0.717) is 16.6 Å². The second-order valence-electron chi connectivity index (χ2n) is 5.36. The second kappa shape index (κ2) is 7.27. The van der Waals surface area contributed by atoms with Gasteiger partial charge in [-0.05, 0) is 19.1 Å². The Balaban J connectivity index is 1.66. The molecule has 0 spiro atoms. The van der Waals surface area contributed by atoms with Gasteiger partial charge in [-0.3, -0.25) is 15.1 Å². The highest BCUT2D eigenvalue weighted by Crippen LogP contribution is 2.32. The van der Waals surface area contributed by atoms with Gasteiger partial charge in [-0.15, -0.1) is 10.2 Å². The molecule has 3 rings (SSSR count). The zero-order valence-corrected chi connectivity index (χ0v) is 14.5. The number of nitrogens with one attached hydrogen (secondary N) is 1. The van der Waals surface area contributed by atoms with Gasteiger partial charge in [0.1, 0.15) is 0 Å². The summed E-state index contributed by atoms with van der Waals surface area (Å²) in [5.41, 5.74) is 1.43. The first kappa shape index (κ1) is 18.7. The van der Waals surface area contributed by atoms with Gasteiger partial charge in [0.25, 0.3) is 5.91 Å². The molecule has 0 atom stereocenters. The molecule has 0 aliphatic heterocycles. The first-order valence-corrected chi connectivity index (χ1v) is 8.30. The highest BCUT2D eigenvalue weighted by atomic mass is 32.1. The quantitative estimate of drug-likeness (QED) is 0.681. The van der Waals surface area contributed by atoms with E-state index in [1.807, 2.05) is 0 Å². The lowest BCUT2D eigenvalue weighted by molar-refractivity contribution is -0.138. The summed E-state index contributed by atoms with van der Waals surface area (Å²) < 4.78 is 42.3. The summed E-state index contributed by atoms with van der Waals surface area (Å²) in [7, 11) is 0. The lowest BCUT2D eigenvalue weighted by Crippen LogP contribution is -2.21. The van der Waals surface area contributed by atoms with Crippen LogP contribution in [0.5, 0.6) is 0 Å². The van der Waals surface area contributed by atoms with Crippen molar-refractivity contribution in [3.05, 3.63) is 46.6 Å². The molecule has 140 valence electrons. The van der Waals surface area contributed by atoms with Gasteiger partial charge in [0.15, 0.2) is 6.61 Å². The van der Waals surface area contributed by atoms with Crippen LogP contribution in [0.3, 0.4) is 0 Å². The van der Waals surface area contributed by atoms with Gasteiger partial charge in [-0.1, -0.05) is 29.5 Å². The number of hydrogen-bond donors (Lipinski definition) is 1. The predicted molar refractivity (Wildman–Crippen MR) is 90.3 cm³/mol. The van der Waals surface area contributed by atoms with Crippen LogP contribution in [0.15, 0.2) is 30.3 Å². The third-order valence-corrected chi connectivity index (χ3v) is 4.20. The number of fused-ring (bicyclic) bond motifs is 1. The van der Waals surface area contributed by atoms with Crippen molar-refractivity contribution >= 4 is 39.2 Å². The Morgan fingerprint density at radius 1 is 1.22 bits per heavy atom. The minimum absolute atomic E-state index is 0.175. The van der Waals surface area contributed by atoms with Crippen molar-refractivity contribution < 1.29 is 27.5 Å². The molecular formula is C16H11F3N4O3S. The Morgan fingerprint density at radius 2 is 1.96 bits per heavy atom. The zero-order valence-electron chi connectivity index (χ0n) is 13.7. The van der Waals surface area contributed by atoms with Gasteiger partial charge >= 0.3 is 12.1 Å². The van der Waals surface area contributed by atoms with Gasteiger partial charge in [0.2, 0.25) is 10.1 Å². The summed E-state index contributed by atoms with van der Waals surface area (Å²) in [4.78, 5) is 28.4. The van der Waals surface area contributed by atoms with Crippen LogP contribution >= 0.6 is 11.3 Å². The van der Waals surface area contributed by atoms with Crippen LogP contribution in [0.4, 0.5) is 18.3 Å². The molecule has 1 aromatic carbocycles. The first-order chi connectivity index (χ1) is 12.7. The van der Waals surface area contributed by atoms with E-state index in [4.69, 9.17) is 4.74 Å². The first-order valence-electron chi connectivity index (χ1n) is 7.48. The Bertz CT molecular complexity index is 1020. The summed E-state index contributed by atoms with van der Waals surface area (Å²) in [6.07, 6.45) is -4.65. The van der Waals surface area contributed by atoms with Crippen molar-refractivity contribution in [3.63, 3.8) is 0 Å². The summed E-state index contributed by atoms with van der Waals surface area (Å²) >= 11 is 0.175. The number of carbonyl (C=O) groups excluding carboxylic acids is 2. The molecule has 0 unspecified atom stereocenters. The number of ether oxygens (including phenoxy) is 1. The number of aromatic nitrogens is 3. The number of alkyl halides is 3. The van der Waals surface area contributed by atoms with Crippen molar-refractivity contribution in [2.45, 2.75) is 13.1 Å². The lowest BCUT2D eigenvalue weighted by Gasteiger charge is -2.08. The second-order valence-corrected chi connectivity index (χ2v) is 6.34. The number of esters is 1. The lowest BCUT2D eigenvalue weighted by atomic mass is 10.1. The fourth-order valence-corrected chi connectivity index (χ4v) is 2.86. The van der Waals surface area contributed by atoms with Crippen LogP contribution < -0.4 is 5.32 Å². The maximum absolute atomic E-state index is 12.5.